The van der Waals surface area contributed by atoms with Gasteiger partial charge in [-0.15, -0.1) is 0 Å². The van der Waals surface area contributed by atoms with Gasteiger partial charge < -0.3 is 10.2 Å². The minimum atomic E-state index is -0.296. The van der Waals surface area contributed by atoms with E-state index in [1.165, 1.54) is 44.0 Å². The molecular formula is C16H21FN2O2. The van der Waals surface area contributed by atoms with Gasteiger partial charge in [-0.05, 0) is 30.5 Å². The first-order chi connectivity index (χ1) is 10.2. The average Bonchev–Trinajstić information content (AvgIpc) is 2.74. The molecule has 114 valence electrons. The first-order valence-corrected chi connectivity index (χ1v) is 7.44. The summed E-state index contributed by atoms with van der Waals surface area (Å²) in [5.74, 6) is -0.436. The maximum Gasteiger partial charge on any atom is 0.260 e. The predicted octanol–water partition coefficient (Wildman–Crippen LogP) is 3.02. The highest BCUT2D eigenvalue weighted by Gasteiger charge is 2.14. The van der Waals surface area contributed by atoms with Gasteiger partial charge in [-0.1, -0.05) is 43.0 Å². The van der Waals surface area contributed by atoms with E-state index in [-0.39, 0.29) is 24.4 Å². The number of nitrogens with one attached hydrogen (secondary N) is 1. The molecule has 21 heavy (non-hydrogen) atoms. The highest BCUT2D eigenvalue weighted by atomic mass is 19.1. The summed E-state index contributed by atoms with van der Waals surface area (Å²) in [5, 5.41) is 6.69. The van der Waals surface area contributed by atoms with E-state index >= 15 is 0 Å². The van der Waals surface area contributed by atoms with Crippen LogP contribution in [0, 0.1) is 5.82 Å². The Morgan fingerprint density at radius 3 is 2.57 bits per heavy atom. The van der Waals surface area contributed by atoms with E-state index in [4.69, 9.17) is 4.84 Å². The predicted molar refractivity (Wildman–Crippen MR) is 79.6 cm³/mol. The smallest absolute Gasteiger partial charge is 0.260 e. The van der Waals surface area contributed by atoms with Crippen LogP contribution in [0.2, 0.25) is 0 Å². The van der Waals surface area contributed by atoms with E-state index in [2.05, 4.69) is 10.5 Å². The summed E-state index contributed by atoms with van der Waals surface area (Å²) in [6.07, 6.45) is 8.41. The highest BCUT2D eigenvalue weighted by Crippen LogP contribution is 2.16. The third-order valence-corrected chi connectivity index (χ3v) is 3.56. The number of hydrogen-bond donors (Lipinski definition) is 1. The molecule has 0 atom stereocenters. The molecule has 2 rings (SSSR count). The fraction of sp³-hybridized carbons (Fsp3) is 0.500. The minimum absolute atomic E-state index is 0.0891. The lowest BCUT2D eigenvalue weighted by molar-refractivity contribution is -0.126. The topological polar surface area (TPSA) is 50.7 Å². The molecule has 1 fully saturated rings. The number of carbonyl (C=O) groups is 1. The van der Waals surface area contributed by atoms with E-state index < -0.39 is 0 Å². The van der Waals surface area contributed by atoms with Crippen LogP contribution in [0.15, 0.2) is 29.4 Å². The van der Waals surface area contributed by atoms with E-state index in [9.17, 15) is 9.18 Å². The van der Waals surface area contributed by atoms with Crippen LogP contribution in [0.25, 0.3) is 0 Å². The molecule has 1 aliphatic rings. The summed E-state index contributed by atoms with van der Waals surface area (Å²) in [5.41, 5.74) is 0.723. The number of rotatable bonds is 5. The number of benzene rings is 1. The van der Waals surface area contributed by atoms with Gasteiger partial charge in [0, 0.05) is 6.04 Å². The lowest BCUT2D eigenvalue weighted by atomic mass is 10.1. The summed E-state index contributed by atoms with van der Waals surface area (Å²) < 4.78 is 12.7. The van der Waals surface area contributed by atoms with Gasteiger partial charge in [0.25, 0.3) is 5.91 Å². The second-order valence-corrected chi connectivity index (χ2v) is 5.32. The largest absolute Gasteiger partial charge is 0.386 e. The summed E-state index contributed by atoms with van der Waals surface area (Å²) in [4.78, 5) is 16.7. The zero-order valence-corrected chi connectivity index (χ0v) is 12.1. The molecule has 0 aliphatic heterocycles. The van der Waals surface area contributed by atoms with Crippen LogP contribution in [0.5, 0.6) is 0 Å². The Hall–Kier alpha value is -1.91. The van der Waals surface area contributed by atoms with E-state index in [1.54, 1.807) is 12.1 Å². The second kappa shape index (κ2) is 8.39. The molecule has 0 radical (unpaired) electrons. The highest BCUT2D eigenvalue weighted by molar-refractivity contribution is 5.79. The third kappa shape index (κ3) is 5.94. The van der Waals surface area contributed by atoms with Gasteiger partial charge in [0.15, 0.2) is 6.61 Å². The molecule has 0 bridgehead atoms. The van der Waals surface area contributed by atoms with E-state index in [0.29, 0.717) is 0 Å². The van der Waals surface area contributed by atoms with Crippen molar-refractivity contribution in [3.63, 3.8) is 0 Å². The quantitative estimate of drug-likeness (QED) is 0.515. The molecule has 0 heterocycles. The van der Waals surface area contributed by atoms with Crippen molar-refractivity contribution in [2.24, 2.45) is 5.16 Å². The molecule has 5 heteroatoms. The molecular weight excluding hydrogens is 271 g/mol. The summed E-state index contributed by atoms with van der Waals surface area (Å²) in [7, 11) is 0. The number of hydrogen-bond acceptors (Lipinski definition) is 3. The molecule has 0 spiro atoms. The number of carbonyl (C=O) groups excluding carboxylic acids is 1. The van der Waals surface area contributed by atoms with Crippen molar-refractivity contribution in [3.05, 3.63) is 35.6 Å². The van der Waals surface area contributed by atoms with Crippen LogP contribution in [0.4, 0.5) is 4.39 Å². The first-order valence-electron chi connectivity index (χ1n) is 7.44. The molecule has 0 saturated heterocycles. The molecule has 1 aliphatic carbocycles. The van der Waals surface area contributed by atoms with Crippen molar-refractivity contribution in [2.45, 2.75) is 44.6 Å². The lowest BCUT2D eigenvalue weighted by Crippen LogP contribution is -2.36. The van der Waals surface area contributed by atoms with Crippen LogP contribution in [0.1, 0.15) is 44.1 Å². The zero-order chi connectivity index (χ0) is 14.9. The second-order valence-electron chi connectivity index (χ2n) is 5.32. The maximum atomic E-state index is 12.7. The molecule has 1 N–H and O–H groups in total. The van der Waals surface area contributed by atoms with Gasteiger partial charge in [-0.2, -0.15) is 0 Å². The Morgan fingerprint density at radius 2 is 1.90 bits per heavy atom. The first kappa shape index (κ1) is 15.5. The van der Waals surface area contributed by atoms with Crippen LogP contribution in [0.3, 0.4) is 0 Å². The summed E-state index contributed by atoms with van der Waals surface area (Å²) in [6.45, 7) is -0.0891. The zero-order valence-electron chi connectivity index (χ0n) is 12.1. The molecule has 4 nitrogen and oxygen atoms in total. The average molecular weight is 292 g/mol. The number of nitrogens with zero attached hydrogens (tertiary/aromatic N) is 1. The Balaban J connectivity index is 1.67. The summed E-state index contributed by atoms with van der Waals surface area (Å²) in [6, 6.07) is 6.15. The van der Waals surface area contributed by atoms with Crippen molar-refractivity contribution in [2.75, 3.05) is 6.61 Å². The lowest BCUT2D eigenvalue weighted by Gasteiger charge is -2.15. The van der Waals surface area contributed by atoms with Crippen LogP contribution >= 0.6 is 0 Å². The Kier molecular flexibility index (Phi) is 6.19. The summed E-state index contributed by atoms with van der Waals surface area (Å²) >= 11 is 0. The number of amides is 1. The standard InChI is InChI=1S/C16H21FN2O2/c17-14-9-7-13(8-10-14)11-18-21-12-16(20)19-15-5-3-1-2-4-6-15/h7-11,15H,1-6,12H2,(H,19,20)/b18-11+. The molecule has 1 aromatic rings. The van der Waals surface area contributed by atoms with Gasteiger partial charge in [-0.25, -0.2) is 4.39 Å². The van der Waals surface area contributed by atoms with E-state index in [0.717, 1.165) is 18.4 Å². The molecule has 1 aromatic carbocycles. The molecule has 0 aromatic heterocycles. The van der Waals surface area contributed by atoms with Gasteiger partial charge in [-0.3, -0.25) is 4.79 Å². The molecule has 0 unspecified atom stereocenters. The van der Waals surface area contributed by atoms with Gasteiger partial charge in [0.2, 0.25) is 0 Å². The normalized spacial score (nSPS) is 16.6. The minimum Gasteiger partial charge on any atom is -0.386 e. The van der Waals surface area contributed by atoms with Crippen molar-refractivity contribution in [1.29, 1.82) is 0 Å². The van der Waals surface area contributed by atoms with Gasteiger partial charge >= 0.3 is 0 Å². The number of halogens is 1. The number of oxime groups is 1. The van der Waals surface area contributed by atoms with Crippen LogP contribution in [-0.2, 0) is 9.63 Å². The fourth-order valence-electron chi connectivity index (χ4n) is 2.44. The molecule has 1 saturated carbocycles. The van der Waals surface area contributed by atoms with Crippen molar-refractivity contribution < 1.29 is 14.0 Å². The molecule has 1 amide bonds. The third-order valence-electron chi connectivity index (χ3n) is 3.56. The van der Waals surface area contributed by atoms with Crippen molar-refractivity contribution >= 4 is 12.1 Å². The Bertz CT molecular complexity index is 466. The van der Waals surface area contributed by atoms with Crippen LogP contribution < -0.4 is 5.32 Å². The van der Waals surface area contributed by atoms with Crippen molar-refractivity contribution in [3.8, 4) is 0 Å². The Morgan fingerprint density at radius 1 is 1.24 bits per heavy atom. The van der Waals surface area contributed by atoms with Gasteiger partial charge in [0.1, 0.15) is 5.82 Å². The monoisotopic (exact) mass is 292 g/mol. The Labute approximate surface area is 124 Å². The fourth-order valence-corrected chi connectivity index (χ4v) is 2.44. The van der Waals surface area contributed by atoms with Gasteiger partial charge in [0.05, 0.1) is 6.21 Å². The van der Waals surface area contributed by atoms with E-state index in [1.807, 2.05) is 0 Å². The SMILES string of the molecule is O=C(CO/N=C/c1ccc(F)cc1)NC1CCCCCC1. The van der Waals surface area contributed by atoms with Crippen LogP contribution in [-0.4, -0.2) is 24.8 Å². The maximum absolute atomic E-state index is 12.7. The van der Waals surface area contributed by atoms with Crippen molar-refractivity contribution in [1.82, 2.24) is 5.32 Å².